The van der Waals surface area contributed by atoms with Gasteiger partial charge in [0.15, 0.2) is 0 Å². The van der Waals surface area contributed by atoms with Crippen LogP contribution in [0.1, 0.15) is 38.5 Å². The topological polar surface area (TPSA) is 57.6 Å². The molecule has 1 rings (SSSR count). The zero-order chi connectivity index (χ0) is 14.5. The Labute approximate surface area is 111 Å². The van der Waals surface area contributed by atoms with Crippen LogP contribution in [0.15, 0.2) is 12.7 Å². The van der Waals surface area contributed by atoms with E-state index in [2.05, 4.69) is 6.58 Å². The van der Waals surface area contributed by atoms with Gasteiger partial charge in [-0.1, -0.05) is 18.9 Å². The Balaban J connectivity index is 2.30. The number of hydrogen-bond acceptors (Lipinski definition) is 2. The van der Waals surface area contributed by atoms with Crippen molar-refractivity contribution in [3.63, 3.8) is 0 Å². The fraction of sp³-hybridized carbons (Fsp3) is 0.692. The van der Waals surface area contributed by atoms with Crippen LogP contribution in [0.2, 0.25) is 0 Å². The van der Waals surface area contributed by atoms with Gasteiger partial charge in [0, 0.05) is 19.4 Å². The molecule has 1 atom stereocenters. The third-order valence-corrected chi connectivity index (χ3v) is 3.25. The Hall–Kier alpha value is -1.46. The number of likely N-dealkylation sites (tertiary alicyclic amines) is 1. The van der Waals surface area contributed by atoms with Gasteiger partial charge < -0.3 is 10.0 Å². The predicted octanol–water partition coefficient (Wildman–Crippen LogP) is 2.44. The number of amides is 1. The van der Waals surface area contributed by atoms with Gasteiger partial charge in [0.05, 0.1) is 6.04 Å². The smallest absolute Gasteiger partial charge is 0.327 e. The zero-order valence-electron chi connectivity index (χ0n) is 10.8. The molecule has 1 saturated heterocycles. The maximum absolute atomic E-state index is 13.2. The third-order valence-electron chi connectivity index (χ3n) is 3.25. The highest BCUT2D eigenvalue weighted by Crippen LogP contribution is 2.34. The Morgan fingerprint density at radius 1 is 1.42 bits per heavy atom. The number of carbonyl (C=O) groups excluding carboxylic acids is 1. The fourth-order valence-corrected chi connectivity index (χ4v) is 2.21. The van der Waals surface area contributed by atoms with Crippen LogP contribution in [0, 0.1) is 0 Å². The van der Waals surface area contributed by atoms with E-state index in [4.69, 9.17) is 5.11 Å². The lowest BCUT2D eigenvalue weighted by Gasteiger charge is -2.21. The Morgan fingerprint density at radius 3 is 2.63 bits per heavy atom. The molecule has 0 spiro atoms. The van der Waals surface area contributed by atoms with Gasteiger partial charge in [0.25, 0.3) is 5.91 Å². The molecule has 6 heteroatoms. The lowest BCUT2D eigenvalue weighted by Crippen LogP contribution is -2.36. The summed E-state index contributed by atoms with van der Waals surface area (Å²) in [7, 11) is 0. The summed E-state index contributed by atoms with van der Waals surface area (Å²) in [4.78, 5) is 22.9. The second-order valence-corrected chi connectivity index (χ2v) is 4.77. The van der Waals surface area contributed by atoms with Crippen molar-refractivity contribution in [2.45, 2.75) is 50.5 Å². The summed E-state index contributed by atoms with van der Waals surface area (Å²) >= 11 is 0. The number of nitrogens with zero attached hydrogens (tertiary/aromatic N) is 1. The molecule has 1 unspecified atom stereocenters. The van der Waals surface area contributed by atoms with Crippen LogP contribution in [-0.4, -0.2) is 40.4 Å². The Morgan fingerprint density at radius 2 is 2.05 bits per heavy atom. The van der Waals surface area contributed by atoms with Gasteiger partial charge in [0.1, 0.15) is 0 Å². The van der Waals surface area contributed by atoms with Crippen molar-refractivity contribution in [2.75, 3.05) is 6.54 Å². The molecule has 1 aliphatic rings. The molecule has 0 aromatic rings. The molecule has 1 fully saturated rings. The van der Waals surface area contributed by atoms with Crippen molar-refractivity contribution in [3.05, 3.63) is 12.7 Å². The molecule has 0 radical (unpaired) electrons. The Bertz CT molecular complexity index is 358. The van der Waals surface area contributed by atoms with E-state index in [1.807, 2.05) is 0 Å². The van der Waals surface area contributed by atoms with Gasteiger partial charge in [0.2, 0.25) is 0 Å². The molecule has 1 amide bonds. The molecule has 1 N–H and O–H groups in total. The normalized spacial score (nSPS) is 21.7. The van der Waals surface area contributed by atoms with Gasteiger partial charge in [-0.25, -0.2) is 0 Å². The van der Waals surface area contributed by atoms with E-state index >= 15 is 0 Å². The molecule has 0 aromatic carbocycles. The van der Waals surface area contributed by atoms with E-state index in [9.17, 15) is 18.4 Å². The van der Waals surface area contributed by atoms with Crippen LogP contribution in [-0.2, 0) is 9.59 Å². The largest absolute Gasteiger partial charge is 0.481 e. The number of alkyl halides is 2. The molecule has 19 heavy (non-hydrogen) atoms. The number of aliphatic carboxylic acids is 1. The third kappa shape index (κ3) is 4.29. The highest BCUT2D eigenvalue weighted by molar-refractivity contribution is 5.86. The quantitative estimate of drug-likeness (QED) is 0.547. The SMILES string of the molecule is C=CC1CC(F)(F)C(=O)N1CCCCCCC(=O)O. The summed E-state index contributed by atoms with van der Waals surface area (Å²) in [6.07, 6.45) is 3.64. The van der Waals surface area contributed by atoms with Crippen molar-refractivity contribution in [3.8, 4) is 0 Å². The van der Waals surface area contributed by atoms with Gasteiger partial charge >= 0.3 is 11.9 Å². The van der Waals surface area contributed by atoms with E-state index in [0.717, 1.165) is 12.8 Å². The number of hydrogen-bond donors (Lipinski definition) is 1. The van der Waals surface area contributed by atoms with Crippen LogP contribution >= 0.6 is 0 Å². The zero-order valence-corrected chi connectivity index (χ0v) is 10.8. The summed E-state index contributed by atoms with van der Waals surface area (Å²) in [5.41, 5.74) is 0. The van der Waals surface area contributed by atoms with E-state index in [-0.39, 0.29) is 13.0 Å². The molecule has 0 saturated carbocycles. The molecule has 108 valence electrons. The number of halogens is 2. The van der Waals surface area contributed by atoms with Crippen LogP contribution < -0.4 is 0 Å². The van der Waals surface area contributed by atoms with Crippen molar-refractivity contribution in [1.82, 2.24) is 4.90 Å². The summed E-state index contributed by atoms with van der Waals surface area (Å²) in [5, 5.41) is 8.45. The van der Waals surface area contributed by atoms with Crippen LogP contribution in [0.3, 0.4) is 0 Å². The summed E-state index contributed by atoms with van der Waals surface area (Å²) in [5.74, 6) is -5.23. The average Bonchev–Trinajstić information content (AvgIpc) is 2.55. The molecular formula is C13H19F2NO3. The second-order valence-electron chi connectivity index (χ2n) is 4.77. The second kappa shape index (κ2) is 6.63. The van der Waals surface area contributed by atoms with E-state index in [1.165, 1.54) is 11.0 Å². The number of rotatable bonds is 8. The first kappa shape index (κ1) is 15.6. The molecular weight excluding hydrogens is 256 g/mol. The first-order valence-electron chi connectivity index (χ1n) is 6.41. The molecule has 0 bridgehead atoms. The molecule has 1 aliphatic heterocycles. The van der Waals surface area contributed by atoms with E-state index < -0.39 is 30.3 Å². The van der Waals surface area contributed by atoms with Crippen molar-refractivity contribution >= 4 is 11.9 Å². The van der Waals surface area contributed by atoms with Crippen LogP contribution in [0.25, 0.3) is 0 Å². The van der Waals surface area contributed by atoms with Gasteiger partial charge in [-0.05, 0) is 12.8 Å². The summed E-state index contributed by atoms with van der Waals surface area (Å²) < 4.78 is 26.5. The molecule has 1 heterocycles. The summed E-state index contributed by atoms with van der Waals surface area (Å²) in [6.45, 7) is 3.75. The van der Waals surface area contributed by atoms with Gasteiger partial charge in [-0.3, -0.25) is 9.59 Å². The van der Waals surface area contributed by atoms with Crippen molar-refractivity contribution < 1.29 is 23.5 Å². The monoisotopic (exact) mass is 275 g/mol. The van der Waals surface area contributed by atoms with Gasteiger partial charge in [-0.15, -0.1) is 6.58 Å². The minimum atomic E-state index is -3.28. The average molecular weight is 275 g/mol. The van der Waals surface area contributed by atoms with Crippen LogP contribution in [0.5, 0.6) is 0 Å². The van der Waals surface area contributed by atoms with Crippen LogP contribution in [0.4, 0.5) is 8.78 Å². The van der Waals surface area contributed by atoms with Crippen molar-refractivity contribution in [1.29, 1.82) is 0 Å². The predicted molar refractivity (Wildman–Crippen MR) is 66.0 cm³/mol. The first-order valence-corrected chi connectivity index (χ1v) is 6.41. The Kier molecular flexibility index (Phi) is 5.44. The standard InChI is InChI=1S/C13H19F2NO3/c1-2-10-9-13(14,15)12(19)16(10)8-6-4-3-5-7-11(17)18/h2,10H,1,3-9H2,(H,17,18). The molecule has 4 nitrogen and oxygen atoms in total. The maximum Gasteiger partial charge on any atom is 0.327 e. The number of carbonyl (C=O) groups is 2. The maximum atomic E-state index is 13.2. The summed E-state index contributed by atoms with van der Waals surface area (Å²) in [6, 6.07) is -0.596. The molecule has 0 aromatic heterocycles. The fourth-order valence-electron chi connectivity index (χ4n) is 2.21. The molecule has 0 aliphatic carbocycles. The highest BCUT2D eigenvalue weighted by Gasteiger charge is 2.51. The minimum Gasteiger partial charge on any atom is -0.481 e. The minimum absolute atomic E-state index is 0.121. The number of unbranched alkanes of at least 4 members (excludes halogenated alkanes) is 3. The lowest BCUT2D eigenvalue weighted by molar-refractivity contribution is -0.148. The highest BCUT2D eigenvalue weighted by atomic mass is 19.3. The van der Waals surface area contributed by atoms with Crippen molar-refractivity contribution in [2.24, 2.45) is 0 Å². The van der Waals surface area contributed by atoms with E-state index in [0.29, 0.717) is 12.8 Å². The number of carboxylic acid groups (broad SMARTS) is 1. The first-order chi connectivity index (χ1) is 8.88. The number of carboxylic acids is 1. The van der Waals surface area contributed by atoms with E-state index in [1.54, 1.807) is 0 Å². The lowest BCUT2D eigenvalue weighted by atomic mass is 10.1. The van der Waals surface area contributed by atoms with Gasteiger partial charge in [-0.2, -0.15) is 8.78 Å².